The Morgan fingerprint density at radius 3 is 3.00 bits per heavy atom. The molecule has 2 aromatic rings. The maximum absolute atomic E-state index is 6.47. The maximum atomic E-state index is 6.47. The molecular formula is C14H16ClNO2. The number of halogens is 1. The van der Waals surface area contributed by atoms with Crippen LogP contribution in [0, 0.1) is 0 Å². The van der Waals surface area contributed by atoms with Gasteiger partial charge in [-0.05, 0) is 31.9 Å². The second kappa shape index (κ2) is 4.56. The van der Waals surface area contributed by atoms with Crippen LogP contribution in [0.1, 0.15) is 25.7 Å². The summed E-state index contributed by atoms with van der Waals surface area (Å²) < 4.78 is 11.4. The van der Waals surface area contributed by atoms with Crippen LogP contribution in [0.15, 0.2) is 28.7 Å². The lowest BCUT2D eigenvalue weighted by molar-refractivity contribution is 0.0158. The van der Waals surface area contributed by atoms with Crippen molar-refractivity contribution in [3.05, 3.63) is 30.2 Å². The second-order valence-corrected chi connectivity index (χ2v) is 5.54. The highest BCUT2D eigenvalue weighted by atomic mass is 35.5. The van der Waals surface area contributed by atoms with E-state index in [1.54, 1.807) is 0 Å². The van der Waals surface area contributed by atoms with E-state index in [0.29, 0.717) is 12.3 Å². The average Bonchev–Trinajstić information content (AvgIpc) is 2.95. The van der Waals surface area contributed by atoms with Gasteiger partial charge < -0.3 is 9.15 Å². The summed E-state index contributed by atoms with van der Waals surface area (Å²) in [4.78, 5) is 4.45. The highest BCUT2D eigenvalue weighted by Gasteiger charge is 2.38. The van der Waals surface area contributed by atoms with Crippen LogP contribution >= 0.6 is 11.6 Å². The Morgan fingerprint density at radius 2 is 2.28 bits per heavy atom. The molecule has 0 N–H and O–H groups in total. The predicted molar refractivity (Wildman–Crippen MR) is 70.9 cm³/mol. The zero-order chi connectivity index (χ0) is 12.6. The number of para-hydroxylation sites is 2. The Bertz CT molecular complexity index is 512. The normalized spacial score (nSPS) is 25.7. The van der Waals surface area contributed by atoms with E-state index in [0.717, 1.165) is 30.5 Å². The Labute approximate surface area is 111 Å². The molecule has 0 bridgehead atoms. The molecule has 1 fully saturated rings. The predicted octanol–water partition coefficient (Wildman–Crippen LogP) is 3.55. The molecule has 4 heteroatoms. The summed E-state index contributed by atoms with van der Waals surface area (Å²) in [6, 6.07) is 7.76. The molecule has 1 aliphatic rings. The van der Waals surface area contributed by atoms with E-state index in [4.69, 9.17) is 20.8 Å². The number of hydrogen-bond acceptors (Lipinski definition) is 3. The van der Waals surface area contributed by atoms with Crippen molar-refractivity contribution in [2.75, 3.05) is 6.61 Å². The van der Waals surface area contributed by atoms with E-state index in [9.17, 15) is 0 Å². The summed E-state index contributed by atoms with van der Waals surface area (Å²) in [6.07, 6.45) is 2.68. The number of fused-ring (bicyclic) bond motifs is 1. The molecule has 2 heterocycles. The lowest BCUT2D eigenvalue weighted by Gasteiger charge is -2.27. The van der Waals surface area contributed by atoms with Gasteiger partial charge in [0, 0.05) is 13.0 Å². The Hall–Kier alpha value is -1.06. The van der Waals surface area contributed by atoms with E-state index in [1.165, 1.54) is 0 Å². The molecule has 2 unspecified atom stereocenters. The van der Waals surface area contributed by atoms with Gasteiger partial charge in [0.05, 0.1) is 11.0 Å². The number of benzene rings is 1. The molecule has 1 aromatic carbocycles. The van der Waals surface area contributed by atoms with Gasteiger partial charge in [-0.15, -0.1) is 11.6 Å². The molecule has 3 nitrogen and oxygen atoms in total. The van der Waals surface area contributed by atoms with Gasteiger partial charge in [0.25, 0.3) is 0 Å². The van der Waals surface area contributed by atoms with E-state index in [2.05, 4.69) is 11.9 Å². The molecule has 1 aromatic heterocycles. The quantitative estimate of drug-likeness (QED) is 0.796. The number of ether oxygens (including phenoxy) is 1. The Morgan fingerprint density at radius 1 is 1.44 bits per heavy atom. The third-order valence-electron chi connectivity index (χ3n) is 3.60. The van der Waals surface area contributed by atoms with Crippen molar-refractivity contribution < 1.29 is 9.15 Å². The number of alkyl halides is 1. The number of oxazole rings is 1. The fraction of sp³-hybridized carbons (Fsp3) is 0.500. The molecule has 2 atom stereocenters. The van der Waals surface area contributed by atoms with Crippen molar-refractivity contribution in [2.24, 2.45) is 0 Å². The van der Waals surface area contributed by atoms with E-state index in [-0.39, 0.29) is 11.0 Å². The van der Waals surface area contributed by atoms with E-state index >= 15 is 0 Å². The summed E-state index contributed by atoms with van der Waals surface area (Å²) in [5, 5.41) is -0.104. The van der Waals surface area contributed by atoms with Gasteiger partial charge in [-0.3, -0.25) is 0 Å². The summed E-state index contributed by atoms with van der Waals surface area (Å²) in [5.74, 6) is 0.688. The maximum Gasteiger partial charge on any atom is 0.197 e. The molecular weight excluding hydrogens is 250 g/mol. The average molecular weight is 266 g/mol. The van der Waals surface area contributed by atoms with Crippen molar-refractivity contribution in [1.29, 1.82) is 0 Å². The molecule has 0 amide bonds. The summed E-state index contributed by atoms with van der Waals surface area (Å²) in [7, 11) is 0. The fourth-order valence-corrected chi connectivity index (χ4v) is 2.73. The second-order valence-electron chi connectivity index (χ2n) is 5.01. The topological polar surface area (TPSA) is 35.3 Å². The molecule has 1 aliphatic heterocycles. The van der Waals surface area contributed by atoms with Crippen LogP contribution in [0.4, 0.5) is 0 Å². The van der Waals surface area contributed by atoms with Gasteiger partial charge in [-0.2, -0.15) is 0 Å². The minimum atomic E-state index is -0.248. The molecule has 3 rings (SSSR count). The molecule has 18 heavy (non-hydrogen) atoms. The molecule has 0 saturated carbocycles. The largest absolute Gasteiger partial charge is 0.441 e. The minimum absolute atomic E-state index is 0.104. The van der Waals surface area contributed by atoms with Crippen LogP contribution in [-0.4, -0.2) is 22.6 Å². The van der Waals surface area contributed by atoms with Gasteiger partial charge >= 0.3 is 0 Å². The van der Waals surface area contributed by atoms with Crippen molar-refractivity contribution in [3.63, 3.8) is 0 Å². The highest BCUT2D eigenvalue weighted by Crippen LogP contribution is 2.33. The Kier molecular flexibility index (Phi) is 3.04. The standard InChI is InChI=1S/C14H16ClNO2/c1-14(7-4-8-17-14)12(15)9-13-16-10-5-2-3-6-11(10)18-13/h2-3,5-6,12H,4,7-9H2,1H3. The van der Waals surface area contributed by atoms with E-state index < -0.39 is 0 Å². The van der Waals surface area contributed by atoms with Crippen LogP contribution in [-0.2, 0) is 11.2 Å². The first kappa shape index (κ1) is 12.0. The van der Waals surface area contributed by atoms with Crippen molar-refractivity contribution >= 4 is 22.7 Å². The molecule has 0 spiro atoms. The molecule has 0 aliphatic carbocycles. The van der Waals surface area contributed by atoms with Gasteiger partial charge in [0.1, 0.15) is 5.52 Å². The van der Waals surface area contributed by atoms with Crippen LogP contribution in [0.5, 0.6) is 0 Å². The number of nitrogens with zero attached hydrogens (tertiary/aromatic N) is 1. The zero-order valence-electron chi connectivity index (χ0n) is 10.4. The summed E-state index contributed by atoms with van der Waals surface area (Å²) >= 11 is 6.47. The number of rotatable bonds is 3. The van der Waals surface area contributed by atoms with Crippen LogP contribution in [0.25, 0.3) is 11.1 Å². The van der Waals surface area contributed by atoms with Gasteiger partial charge in [-0.1, -0.05) is 12.1 Å². The third kappa shape index (κ3) is 2.13. The first-order valence-electron chi connectivity index (χ1n) is 6.30. The first-order chi connectivity index (χ1) is 8.67. The zero-order valence-corrected chi connectivity index (χ0v) is 11.1. The van der Waals surface area contributed by atoms with Crippen molar-refractivity contribution in [3.8, 4) is 0 Å². The van der Waals surface area contributed by atoms with Gasteiger partial charge in [0.2, 0.25) is 0 Å². The monoisotopic (exact) mass is 265 g/mol. The van der Waals surface area contributed by atoms with Gasteiger partial charge in [0.15, 0.2) is 11.5 Å². The van der Waals surface area contributed by atoms with Crippen LogP contribution in [0.3, 0.4) is 0 Å². The Balaban J connectivity index is 1.79. The number of hydrogen-bond donors (Lipinski definition) is 0. The summed E-state index contributed by atoms with van der Waals surface area (Å²) in [6.45, 7) is 2.87. The SMILES string of the molecule is CC1(C(Cl)Cc2nc3ccccc3o2)CCCO1. The van der Waals surface area contributed by atoms with Crippen molar-refractivity contribution in [2.45, 2.75) is 37.2 Å². The van der Waals surface area contributed by atoms with Gasteiger partial charge in [-0.25, -0.2) is 4.98 Å². The lowest BCUT2D eigenvalue weighted by atomic mass is 9.96. The molecule has 0 radical (unpaired) electrons. The first-order valence-corrected chi connectivity index (χ1v) is 6.73. The van der Waals surface area contributed by atoms with Crippen LogP contribution < -0.4 is 0 Å². The summed E-state index contributed by atoms with van der Waals surface area (Å²) in [5.41, 5.74) is 1.45. The molecule has 1 saturated heterocycles. The minimum Gasteiger partial charge on any atom is -0.441 e. The highest BCUT2D eigenvalue weighted by molar-refractivity contribution is 6.21. The lowest BCUT2D eigenvalue weighted by Crippen LogP contribution is -2.36. The molecule has 96 valence electrons. The van der Waals surface area contributed by atoms with E-state index in [1.807, 2.05) is 24.3 Å². The third-order valence-corrected chi connectivity index (χ3v) is 4.22. The van der Waals surface area contributed by atoms with Crippen LogP contribution in [0.2, 0.25) is 0 Å². The van der Waals surface area contributed by atoms with Crippen molar-refractivity contribution in [1.82, 2.24) is 4.98 Å². The number of aromatic nitrogens is 1. The fourth-order valence-electron chi connectivity index (χ4n) is 2.42. The smallest absolute Gasteiger partial charge is 0.197 e.